The summed E-state index contributed by atoms with van der Waals surface area (Å²) >= 11 is 2.13. The normalized spacial score (nSPS) is 11.6. The fraction of sp³-hybridized carbons (Fsp3) is 0.176. The van der Waals surface area contributed by atoms with Gasteiger partial charge in [0.1, 0.15) is 11.4 Å². The third kappa shape index (κ3) is 5.10. The zero-order valence-electron chi connectivity index (χ0n) is 13.8. The predicted octanol–water partition coefficient (Wildman–Crippen LogP) is 2.18. The third-order valence-electron chi connectivity index (χ3n) is 3.72. The van der Waals surface area contributed by atoms with Gasteiger partial charge < -0.3 is 5.32 Å². The predicted molar refractivity (Wildman–Crippen MR) is 107 cm³/mol. The first-order valence-electron chi connectivity index (χ1n) is 7.93. The number of hydrogen-bond acceptors (Lipinski definition) is 5. The molecule has 7 nitrogen and oxygen atoms in total. The minimum atomic E-state index is -3.59. The van der Waals surface area contributed by atoms with Crippen molar-refractivity contribution in [3.05, 3.63) is 75.1 Å². The van der Waals surface area contributed by atoms with Crippen LogP contribution in [0.15, 0.2) is 59.5 Å². The van der Waals surface area contributed by atoms with Crippen LogP contribution in [0.1, 0.15) is 17.0 Å². The van der Waals surface area contributed by atoms with Crippen LogP contribution in [0.25, 0.3) is 0 Å². The maximum atomic E-state index is 12.4. The quantitative estimate of drug-likeness (QED) is 0.427. The molecular formula is C17H18IN5O2S. The average molecular weight is 483 g/mol. The molecule has 2 aromatic carbocycles. The highest BCUT2D eigenvalue weighted by Gasteiger charge is 2.16. The van der Waals surface area contributed by atoms with E-state index in [2.05, 4.69) is 48.0 Å². The van der Waals surface area contributed by atoms with Crippen molar-refractivity contribution in [3.8, 4) is 0 Å². The van der Waals surface area contributed by atoms with Crippen LogP contribution in [0.4, 0.5) is 0 Å². The third-order valence-corrected chi connectivity index (χ3v) is 5.86. The van der Waals surface area contributed by atoms with E-state index < -0.39 is 10.0 Å². The van der Waals surface area contributed by atoms with Crippen molar-refractivity contribution in [1.82, 2.24) is 25.4 Å². The van der Waals surface area contributed by atoms with E-state index in [1.807, 2.05) is 30.3 Å². The lowest BCUT2D eigenvalue weighted by molar-refractivity contribution is 0.579. The molecule has 3 N–H and O–H groups in total. The minimum Gasteiger partial charge on any atom is -0.307 e. The molecule has 0 aliphatic carbocycles. The van der Waals surface area contributed by atoms with Gasteiger partial charge in [-0.15, -0.1) is 0 Å². The van der Waals surface area contributed by atoms with E-state index in [0.29, 0.717) is 24.5 Å². The van der Waals surface area contributed by atoms with Crippen LogP contribution in [0.2, 0.25) is 0 Å². The first kappa shape index (κ1) is 19.0. The van der Waals surface area contributed by atoms with E-state index in [1.165, 1.54) is 0 Å². The Morgan fingerprint density at radius 3 is 2.23 bits per heavy atom. The molecule has 0 atom stereocenters. The summed E-state index contributed by atoms with van der Waals surface area (Å²) in [5.74, 6) is 0. The Labute approximate surface area is 165 Å². The number of nitrogens with one attached hydrogen (secondary N) is 3. The number of aromatic amines is 1. The van der Waals surface area contributed by atoms with Crippen molar-refractivity contribution in [2.24, 2.45) is 0 Å². The molecule has 3 aromatic rings. The first-order valence-corrected chi connectivity index (χ1v) is 10.5. The van der Waals surface area contributed by atoms with Gasteiger partial charge in [-0.05, 0) is 52.4 Å². The smallest absolute Gasteiger partial charge is 0.240 e. The standard InChI is InChI=1S/C17H18IN5O2S/c18-14-6-8-15(9-7-14)26(24,25)20-12-17-16(21-23-22-17)11-19-10-13-4-2-1-3-5-13/h1-9,19-20H,10-12H2,(H,21,22,23). The van der Waals surface area contributed by atoms with Crippen molar-refractivity contribution in [3.63, 3.8) is 0 Å². The summed E-state index contributed by atoms with van der Waals surface area (Å²) in [5.41, 5.74) is 2.42. The molecule has 0 unspecified atom stereocenters. The van der Waals surface area contributed by atoms with Crippen LogP contribution in [0, 0.1) is 3.57 Å². The van der Waals surface area contributed by atoms with E-state index in [0.717, 1.165) is 9.13 Å². The molecule has 0 amide bonds. The maximum absolute atomic E-state index is 12.4. The SMILES string of the molecule is O=S(=O)(NCc1n[nH]nc1CNCc1ccccc1)c1ccc(I)cc1. The number of benzene rings is 2. The lowest BCUT2D eigenvalue weighted by Gasteiger charge is -2.07. The van der Waals surface area contributed by atoms with Crippen LogP contribution >= 0.6 is 22.6 Å². The van der Waals surface area contributed by atoms with E-state index >= 15 is 0 Å². The fourth-order valence-corrected chi connectivity index (χ4v) is 3.69. The summed E-state index contributed by atoms with van der Waals surface area (Å²) in [4.78, 5) is 0.227. The number of nitrogens with zero attached hydrogens (tertiary/aromatic N) is 2. The summed E-state index contributed by atoms with van der Waals surface area (Å²) in [7, 11) is -3.59. The molecule has 0 saturated carbocycles. The van der Waals surface area contributed by atoms with Crippen LogP contribution in [0.3, 0.4) is 0 Å². The fourth-order valence-electron chi connectivity index (χ4n) is 2.34. The van der Waals surface area contributed by atoms with Gasteiger partial charge in [0.2, 0.25) is 10.0 Å². The van der Waals surface area contributed by atoms with Gasteiger partial charge in [-0.3, -0.25) is 0 Å². The Kier molecular flexibility index (Phi) is 6.35. The summed E-state index contributed by atoms with van der Waals surface area (Å²) < 4.78 is 28.3. The molecule has 1 heterocycles. The number of H-pyrrole nitrogens is 1. The second kappa shape index (κ2) is 8.71. The molecule has 3 rings (SSSR count). The van der Waals surface area contributed by atoms with Gasteiger partial charge >= 0.3 is 0 Å². The zero-order chi connectivity index (χ0) is 18.4. The first-order chi connectivity index (χ1) is 12.5. The largest absolute Gasteiger partial charge is 0.307 e. The molecule has 0 fully saturated rings. The Hall–Kier alpha value is -1.82. The number of hydrogen-bond donors (Lipinski definition) is 3. The van der Waals surface area contributed by atoms with Crippen molar-refractivity contribution < 1.29 is 8.42 Å². The number of rotatable bonds is 8. The maximum Gasteiger partial charge on any atom is 0.240 e. The van der Waals surface area contributed by atoms with Gasteiger partial charge in [0.25, 0.3) is 0 Å². The van der Waals surface area contributed by atoms with Gasteiger partial charge in [-0.25, -0.2) is 13.1 Å². The van der Waals surface area contributed by atoms with Gasteiger partial charge in [0.05, 0.1) is 11.4 Å². The van der Waals surface area contributed by atoms with E-state index in [1.54, 1.807) is 24.3 Å². The number of aromatic nitrogens is 3. The topological polar surface area (TPSA) is 99.8 Å². The number of halogens is 1. The van der Waals surface area contributed by atoms with Crippen molar-refractivity contribution >= 4 is 32.6 Å². The minimum absolute atomic E-state index is 0.0766. The van der Waals surface area contributed by atoms with Gasteiger partial charge in [-0.1, -0.05) is 30.3 Å². The highest BCUT2D eigenvalue weighted by atomic mass is 127. The monoisotopic (exact) mass is 483 g/mol. The van der Waals surface area contributed by atoms with Gasteiger partial charge in [0.15, 0.2) is 0 Å². The zero-order valence-corrected chi connectivity index (χ0v) is 16.8. The van der Waals surface area contributed by atoms with Crippen LogP contribution in [0.5, 0.6) is 0 Å². The van der Waals surface area contributed by atoms with Crippen LogP contribution in [-0.4, -0.2) is 23.8 Å². The van der Waals surface area contributed by atoms with Crippen LogP contribution in [-0.2, 0) is 29.7 Å². The second-order valence-electron chi connectivity index (χ2n) is 5.58. The van der Waals surface area contributed by atoms with Gasteiger partial charge in [-0.2, -0.15) is 15.4 Å². The molecule has 0 saturated heterocycles. The van der Waals surface area contributed by atoms with E-state index in [-0.39, 0.29) is 11.4 Å². The highest BCUT2D eigenvalue weighted by molar-refractivity contribution is 14.1. The number of sulfonamides is 1. The summed E-state index contributed by atoms with van der Waals surface area (Å²) in [6.07, 6.45) is 0. The van der Waals surface area contributed by atoms with Crippen LogP contribution < -0.4 is 10.0 Å². The summed E-state index contributed by atoms with van der Waals surface area (Å²) in [6.45, 7) is 1.26. The summed E-state index contributed by atoms with van der Waals surface area (Å²) in [6, 6.07) is 16.7. The summed E-state index contributed by atoms with van der Waals surface area (Å²) in [5, 5.41) is 14.0. The second-order valence-corrected chi connectivity index (χ2v) is 8.60. The van der Waals surface area contributed by atoms with Crippen molar-refractivity contribution in [1.29, 1.82) is 0 Å². The Balaban J connectivity index is 1.57. The Morgan fingerprint density at radius 1 is 0.885 bits per heavy atom. The van der Waals surface area contributed by atoms with Crippen molar-refractivity contribution in [2.75, 3.05) is 0 Å². The Bertz CT molecular complexity index is 943. The molecule has 136 valence electrons. The molecule has 0 aliphatic heterocycles. The molecule has 0 radical (unpaired) electrons. The molecule has 0 spiro atoms. The molecular weight excluding hydrogens is 465 g/mol. The molecule has 0 aliphatic rings. The molecule has 1 aromatic heterocycles. The Morgan fingerprint density at radius 2 is 1.54 bits per heavy atom. The van der Waals surface area contributed by atoms with E-state index in [4.69, 9.17) is 0 Å². The van der Waals surface area contributed by atoms with Crippen molar-refractivity contribution in [2.45, 2.75) is 24.5 Å². The molecule has 0 bridgehead atoms. The lowest BCUT2D eigenvalue weighted by atomic mass is 10.2. The van der Waals surface area contributed by atoms with Gasteiger partial charge in [0, 0.05) is 16.7 Å². The molecule has 9 heteroatoms. The molecule has 26 heavy (non-hydrogen) atoms. The highest BCUT2D eigenvalue weighted by Crippen LogP contribution is 2.12. The van der Waals surface area contributed by atoms with E-state index in [9.17, 15) is 8.42 Å². The average Bonchev–Trinajstić information content (AvgIpc) is 3.09. The lowest BCUT2D eigenvalue weighted by Crippen LogP contribution is -2.24.